The van der Waals surface area contributed by atoms with Crippen LogP contribution in [0.4, 0.5) is 0 Å². The van der Waals surface area contributed by atoms with Crippen molar-refractivity contribution in [3.05, 3.63) is 42.1 Å². The molecule has 0 atom stereocenters. The molecule has 0 unspecified atom stereocenters. The molecule has 1 heterocycles. The lowest BCUT2D eigenvalue weighted by atomic mass is 10.1. The van der Waals surface area contributed by atoms with E-state index in [9.17, 15) is 4.79 Å². The largest absolute Gasteiger partial charge is 0.465 e. The number of hydrogen-bond donors (Lipinski definition) is 0. The fourth-order valence-corrected chi connectivity index (χ4v) is 2.15. The van der Waals surface area contributed by atoms with Gasteiger partial charge in [0.15, 0.2) is 0 Å². The van der Waals surface area contributed by atoms with Gasteiger partial charge < -0.3 is 4.74 Å². The number of hydrogen-bond acceptors (Lipinski definition) is 4. The number of likely N-dealkylation sites (N-methyl/N-ethyl adjacent to an activating group) is 1. The number of esters is 1. The van der Waals surface area contributed by atoms with Crippen LogP contribution in [-0.4, -0.2) is 35.5 Å². The van der Waals surface area contributed by atoms with E-state index in [-0.39, 0.29) is 5.97 Å². The Labute approximate surface area is 119 Å². The highest BCUT2D eigenvalue weighted by atomic mass is 16.5. The van der Waals surface area contributed by atoms with Gasteiger partial charge in [-0.25, -0.2) is 0 Å². The van der Waals surface area contributed by atoms with Gasteiger partial charge in [-0.3, -0.25) is 14.7 Å². The Morgan fingerprint density at radius 2 is 2.15 bits per heavy atom. The summed E-state index contributed by atoms with van der Waals surface area (Å²) in [5.41, 5.74) is 2.17. The topological polar surface area (TPSA) is 42.4 Å². The van der Waals surface area contributed by atoms with Crippen LogP contribution < -0.4 is 0 Å². The van der Waals surface area contributed by atoms with E-state index in [1.807, 2.05) is 32.0 Å². The fourth-order valence-electron chi connectivity index (χ4n) is 2.15. The first-order chi connectivity index (χ1) is 9.72. The van der Waals surface area contributed by atoms with Gasteiger partial charge in [-0.15, -0.1) is 0 Å². The number of rotatable bonds is 6. The second kappa shape index (κ2) is 7.01. The van der Waals surface area contributed by atoms with Gasteiger partial charge in [-0.1, -0.05) is 19.1 Å². The average molecular weight is 272 g/mol. The van der Waals surface area contributed by atoms with Gasteiger partial charge in [-0.05, 0) is 37.2 Å². The van der Waals surface area contributed by atoms with Crippen molar-refractivity contribution < 1.29 is 9.53 Å². The molecule has 0 aliphatic carbocycles. The quantitative estimate of drug-likeness (QED) is 0.758. The maximum Gasteiger partial charge on any atom is 0.320 e. The molecule has 0 radical (unpaired) electrons. The predicted molar refractivity (Wildman–Crippen MR) is 79.3 cm³/mol. The van der Waals surface area contributed by atoms with E-state index in [4.69, 9.17) is 4.74 Å². The molecule has 20 heavy (non-hydrogen) atoms. The lowest BCUT2D eigenvalue weighted by Crippen LogP contribution is -2.30. The number of carbonyl (C=O) groups is 1. The lowest BCUT2D eigenvalue weighted by Gasteiger charge is -2.19. The predicted octanol–water partition coefficient (Wildman–Crippen LogP) is 2.62. The standard InChI is InChI=1S/C16H20N2O2/c1-3-18(12-16(19)20-4-2)11-13-7-8-15-14(10-13)6-5-9-17-15/h5-10H,3-4,11-12H2,1-2H3. The van der Waals surface area contributed by atoms with Crippen LogP contribution in [0.2, 0.25) is 0 Å². The minimum absolute atomic E-state index is 0.170. The monoisotopic (exact) mass is 272 g/mol. The molecule has 2 aromatic rings. The van der Waals surface area contributed by atoms with Gasteiger partial charge in [0.1, 0.15) is 0 Å². The molecular formula is C16H20N2O2. The van der Waals surface area contributed by atoms with E-state index in [1.165, 1.54) is 5.56 Å². The number of pyridine rings is 1. The van der Waals surface area contributed by atoms with Gasteiger partial charge in [-0.2, -0.15) is 0 Å². The average Bonchev–Trinajstić information content (AvgIpc) is 2.46. The van der Waals surface area contributed by atoms with E-state index in [0.717, 1.165) is 24.0 Å². The van der Waals surface area contributed by atoms with Crippen molar-refractivity contribution >= 4 is 16.9 Å². The molecule has 0 bridgehead atoms. The van der Waals surface area contributed by atoms with Crippen LogP contribution in [0.1, 0.15) is 19.4 Å². The lowest BCUT2D eigenvalue weighted by molar-refractivity contribution is -0.144. The van der Waals surface area contributed by atoms with Crippen molar-refractivity contribution in [2.45, 2.75) is 20.4 Å². The van der Waals surface area contributed by atoms with E-state index in [0.29, 0.717) is 13.2 Å². The molecule has 0 spiro atoms. The molecule has 0 aliphatic rings. The maximum atomic E-state index is 11.5. The molecule has 4 nitrogen and oxygen atoms in total. The van der Waals surface area contributed by atoms with Crippen LogP contribution in [0.3, 0.4) is 0 Å². The summed E-state index contributed by atoms with van der Waals surface area (Å²) in [5, 5.41) is 1.12. The van der Waals surface area contributed by atoms with Gasteiger partial charge >= 0.3 is 5.97 Å². The summed E-state index contributed by atoms with van der Waals surface area (Å²) in [5.74, 6) is -0.170. The zero-order chi connectivity index (χ0) is 14.4. The highest BCUT2D eigenvalue weighted by molar-refractivity contribution is 5.78. The first-order valence-corrected chi connectivity index (χ1v) is 6.94. The molecule has 1 aromatic carbocycles. The Morgan fingerprint density at radius 3 is 2.90 bits per heavy atom. The minimum Gasteiger partial charge on any atom is -0.465 e. The molecule has 2 rings (SSSR count). The first kappa shape index (κ1) is 14.5. The van der Waals surface area contributed by atoms with Gasteiger partial charge in [0.2, 0.25) is 0 Å². The molecule has 0 saturated heterocycles. The summed E-state index contributed by atoms with van der Waals surface area (Å²) in [6, 6.07) is 10.2. The maximum absolute atomic E-state index is 11.5. The molecule has 0 amide bonds. The Bertz CT molecular complexity index is 583. The van der Waals surface area contributed by atoms with Crippen molar-refractivity contribution in [3.8, 4) is 0 Å². The molecule has 0 aliphatic heterocycles. The summed E-state index contributed by atoms with van der Waals surface area (Å²) in [6.07, 6.45) is 1.79. The van der Waals surface area contributed by atoms with Crippen LogP contribution in [0.5, 0.6) is 0 Å². The normalized spacial score (nSPS) is 10.9. The Morgan fingerprint density at radius 1 is 1.30 bits per heavy atom. The first-order valence-electron chi connectivity index (χ1n) is 6.94. The number of benzene rings is 1. The Kier molecular flexibility index (Phi) is 5.07. The molecule has 4 heteroatoms. The van der Waals surface area contributed by atoms with Crippen molar-refractivity contribution in [2.75, 3.05) is 19.7 Å². The number of fused-ring (bicyclic) bond motifs is 1. The van der Waals surface area contributed by atoms with Crippen LogP contribution in [0, 0.1) is 0 Å². The third-order valence-corrected chi connectivity index (χ3v) is 3.18. The van der Waals surface area contributed by atoms with Gasteiger partial charge in [0.05, 0.1) is 18.7 Å². The highest BCUT2D eigenvalue weighted by Gasteiger charge is 2.10. The van der Waals surface area contributed by atoms with E-state index in [1.54, 1.807) is 6.20 Å². The molecule has 0 saturated carbocycles. The van der Waals surface area contributed by atoms with E-state index < -0.39 is 0 Å². The van der Waals surface area contributed by atoms with E-state index in [2.05, 4.69) is 22.0 Å². The number of nitrogens with zero attached hydrogens (tertiary/aromatic N) is 2. The molecule has 1 aromatic heterocycles. The van der Waals surface area contributed by atoms with Crippen LogP contribution >= 0.6 is 0 Å². The Balaban J connectivity index is 2.07. The van der Waals surface area contributed by atoms with Crippen LogP contribution in [-0.2, 0) is 16.1 Å². The van der Waals surface area contributed by atoms with Crippen molar-refractivity contribution in [1.29, 1.82) is 0 Å². The van der Waals surface area contributed by atoms with Crippen molar-refractivity contribution in [2.24, 2.45) is 0 Å². The minimum atomic E-state index is -0.170. The zero-order valence-electron chi connectivity index (χ0n) is 12.0. The summed E-state index contributed by atoms with van der Waals surface area (Å²) in [4.78, 5) is 17.9. The number of ether oxygens (including phenoxy) is 1. The van der Waals surface area contributed by atoms with Crippen molar-refractivity contribution in [3.63, 3.8) is 0 Å². The van der Waals surface area contributed by atoms with Gasteiger partial charge in [0, 0.05) is 18.1 Å². The zero-order valence-corrected chi connectivity index (χ0v) is 12.0. The second-order valence-corrected chi connectivity index (χ2v) is 4.64. The molecule has 106 valence electrons. The van der Waals surface area contributed by atoms with Crippen LogP contribution in [0.25, 0.3) is 10.9 Å². The molecule has 0 N–H and O–H groups in total. The summed E-state index contributed by atoms with van der Waals surface area (Å²) < 4.78 is 4.99. The third kappa shape index (κ3) is 3.78. The summed E-state index contributed by atoms with van der Waals surface area (Å²) in [6.45, 7) is 6.17. The van der Waals surface area contributed by atoms with Gasteiger partial charge in [0.25, 0.3) is 0 Å². The second-order valence-electron chi connectivity index (χ2n) is 4.64. The molecule has 0 fully saturated rings. The van der Waals surface area contributed by atoms with Crippen molar-refractivity contribution in [1.82, 2.24) is 9.88 Å². The number of aromatic nitrogens is 1. The van der Waals surface area contributed by atoms with Crippen LogP contribution in [0.15, 0.2) is 36.5 Å². The highest BCUT2D eigenvalue weighted by Crippen LogP contribution is 2.14. The third-order valence-electron chi connectivity index (χ3n) is 3.18. The smallest absolute Gasteiger partial charge is 0.320 e. The SMILES string of the molecule is CCOC(=O)CN(CC)Cc1ccc2ncccc2c1. The summed E-state index contributed by atoms with van der Waals surface area (Å²) in [7, 11) is 0. The number of carbonyl (C=O) groups excluding carboxylic acids is 1. The summed E-state index contributed by atoms with van der Waals surface area (Å²) >= 11 is 0. The molecular weight excluding hydrogens is 252 g/mol. The Hall–Kier alpha value is -1.94. The van der Waals surface area contributed by atoms with E-state index >= 15 is 0 Å². The fraction of sp³-hybridized carbons (Fsp3) is 0.375.